The van der Waals surface area contributed by atoms with Gasteiger partial charge in [0.15, 0.2) is 0 Å². The Hall–Kier alpha value is -0.240. The minimum atomic E-state index is 0.686. The highest BCUT2D eigenvalue weighted by Crippen LogP contribution is 2.21. The van der Waals surface area contributed by atoms with E-state index in [4.69, 9.17) is 23.2 Å². The number of halogens is 2. The summed E-state index contributed by atoms with van der Waals surface area (Å²) in [6, 6.07) is 5.62. The maximum absolute atomic E-state index is 6.03. The van der Waals surface area contributed by atoms with Crippen LogP contribution in [-0.2, 0) is 6.42 Å². The van der Waals surface area contributed by atoms with E-state index in [9.17, 15) is 0 Å². The lowest BCUT2D eigenvalue weighted by Crippen LogP contribution is -2.14. The number of benzene rings is 1. The van der Waals surface area contributed by atoms with Gasteiger partial charge in [0, 0.05) is 16.6 Å². The Labute approximate surface area is 95.6 Å². The predicted octanol–water partition coefficient (Wildman–Crippen LogP) is 3.30. The van der Waals surface area contributed by atoms with Crippen molar-refractivity contribution in [2.75, 3.05) is 20.6 Å². The molecule has 0 bridgehead atoms. The molecule has 0 saturated carbocycles. The quantitative estimate of drug-likeness (QED) is 0.768. The van der Waals surface area contributed by atoms with Crippen LogP contribution in [-0.4, -0.2) is 25.5 Å². The van der Waals surface area contributed by atoms with Crippen molar-refractivity contribution in [2.45, 2.75) is 6.42 Å². The molecular weight excluding hydrogens is 217 g/mol. The summed E-state index contributed by atoms with van der Waals surface area (Å²) in [5, 5.41) is 1.43. The third-order valence-electron chi connectivity index (χ3n) is 1.87. The predicted molar refractivity (Wildman–Crippen MR) is 63.0 cm³/mol. The SMILES string of the molecule is CN(C)C[CH]Cc1ccc(Cl)cc1Cl. The molecule has 0 atom stereocenters. The zero-order chi connectivity index (χ0) is 10.6. The molecule has 0 saturated heterocycles. The molecule has 1 nitrogen and oxygen atoms in total. The molecule has 77 valence electrons. The minimum Gasteiger partial charge on any atom is -0.309 e. The molecule has 1 aromatic carbocycles. The molecule has 3 heteroatoms. The average molecular weight is 231 g/mol. The van der Waals surface area contributed by atoms with Gasteiger partial charge in [-0.15, -0.1) is 0 Å². The third kappa shape index (κ3) is 3.87. The molecule has 0 amide bonds. The Morgan fingerprint density at radius 1 is 1.29 bits per heavy atom. The van der Waals surface area contributed by atoms with Crippen molar-refractivity contribution in [3.63, 3.8) is 0 Å². The summed E-state index contributed by atoms with van der Waals surface area (Å²) >= 11 is 11.8. The summed E-state index contributed by atoms with van der Waals surface area (Å²) in [5.74, 6) is 0. The Balaban J connectivity index is 2.51. The van der Waals surface area contributed by atoms with Gasteiger partial charge in [-0.1, -0.05) is 29.3 Å². The summed E-state index contributed by atoms with van der Waals surface area (Å²) in [6.45, 7) is 0.957. The first-order chi connectivity index (χ1) is 6.59. The van der Waals surface area contributed by atoms with Crippen molar-refractivity contribution < 1.29 is 0 Å². The fraction of sp³-hybridized carbons (Fsp3) is 0.364. The van der Waals surface area contributed by atoms with Gasteiger partial charge < -0.3 is 4.90 Å². The molecule has 0 unspecified atom stereocenters. The molecule has 1 rings (SSSR count). The van der Waals surface area contributed by atoms with E-state index >= 15 is 0 Å². The second-order valence-corrected chi connectivity index (χ2v) is 4.33. The highest BCUT2D eigenvalue weighted by atomic mass is 35.5. The van der Waals surface area contributed by atoms with E-state index in [1.807, 2.05) is 26.2 Å². The maximum Gasteiger partial charge on any atom is 0.0452 e. The monoisotopic (exact) mass is 230 g/mol. The van der Waals surface area contributed by atoms with Gasteiger partial charge in [-0.05, 0) is 44.6 Å². The van der Waals surface area contributed by atoms with Crippen molar-refractivity contribution in [1.82, 2.24) is 4.90 Å². The van der Waals surface area contributed by atoms with E-state index in [0.29, 0.717) is 5.02 Å². The largest absolute Gasteiger partial charge is 0.309 e. The average Bonchev–Trinajstić information content (AvgIpc) is 2.08. The molecule has 0 aliphatic heterocycles. The van der Waals surface area contributed by atoms with Gasteiger partial charge in [-0.2, -0.15) is 0 Å². The summed E-state index contributed by atoms with van der Waals surface area (Å²) in [5.41, 5.74) is 1.12. The molecule has 0 fully saturated rings. The lowest BCUT2D eigenvalue weighted by molar-refractivity contribution is 0.439. The van der Waals surface area contributed by atoms with Crippen molar-refractivity contribution >= 4 is 23.2 Å². The molecule has 0 spiro atoms. The normalized spacial score (nSPS) is 10.9. The van der Waals surface area contributed by atoms with E-state index < -0.39 is 0 Å². The van der Waals surface area contributed by atoms with Crippen molar-refractivity contribution in [3.8, 4) is 0 Å². The number of rotatable bonds is 4. The van der Waals surface area contributed by atoms with Crippen LogP contribution in [0.25, 0.3) is 0 Å². The van der Waals surface area contributed by atoms with Gasteiger partial charge in [-0.3, -0.25) is 0 Å². The van der Waals surface area contributed by atoms with E-state index in [0.717, 1.165) is 23.6 Å². The first-order valence-electron chi connectivity index (χ1n) is 4.50. The fourth-order valence-corrected chi connectivity index (χ4v) is 1.65. The first kappa shape index (κ1) is 11.8. The molecular formula is C11H14Cl2N. The van der Waals surface area contributed by atoms with Gasteiger partial charge in [0.25, 0.3) is 0 Å². The van der Waals surface area contributed by atoms with Gasteiger partial charge in [0.2, 0.25) is 0 Å². The topological polar surface area (TPSA) is 3.24 Å². The van der Waals surface area contributed by atoms with E-state index in [1.165, 1.54) is 0 Å². The van der Waals surface area contributed by atoms with Crippen LogP contribution in [0.1, 0.15) is 5.56 Å². The second-order valence-electron chi connectivity index (χ2n) is 3.49. The van der Waals surface area contributed by atoms with Gasteiger partial charge in [-0.25, -0.2) is 0 Å². The Morgan fingerprint density at radius 2 is 2.00 bits per heavy atom. The standard InChI is InChI=1S/C11H14Cl2N/c1-14(2)7-3-4-9-5-6-10(12)8-11(9)13/h3,5-6,8H,4,7H2,1-2H3. The van der Waals surface area contributed by atoms with Gasteiger partial charge in [0.1, 0.15) is 0 Å². The van der Waals surface area contributed by atoms with E-state index in [1.54, 1.807) is 6.07 Å². The minimum absolute atomic E-state index is 0.686. The van der Waals surface area contributed by atoms with Crippen LogP contribution in [0.3, 0.4) is 0 Å². The highest BCUT2D eigenvalue weighted by molar-refractivity contribution is 6.35. The second kappa shape index (κ2) is 5.59. The third-order valence-corrected chi connectivity index (χ3v) is 2.46. The Morgan fingerprint density at radius 3 is 2.57 bits per heavy atom. The van der Waals surface area contributed by atoms with Crippen LogP contribution in [0.2, 0.25) is 10.0 Å². The number of hydrogen-bond acceptors (Lipinski definition) is 1. The molecule has 0 heterocycles. The number of nitrogens with zero attached hydrogens (tertiary/aromatic N) is 1. The maximum atomic E-state index is 6.03. The smallest absolute Gasteiger partial charge is 0.0452 e. The lowest BCUT2D eigenvalue weighted by atomic mass is 10.1. The molecule has 1 aromatic rings. The zero-order valence-corrected chi connectivity index (χ0v) is 9.94. The van der Waals surface area contributed by atoms with Crippen LogP contribution in [0.4, 0.5) is 0 Å². The summed E-state index contributed by atoms with van der Waals surface area (Å²) < 4.78 is 0. The van der Waals surface area contributed by atoms with E-state index in [2.05, 4.69) is 11.3 Å². The molecule has 0 aliphatic carbocycles. The lowest BCUT2D eigenvalue weighted by Gasteiger charge is -2.09. The van der Waals surface area contributed by atoms with Gasteiger partial charge in [0.05, 0.1) is 0 Å². The van der Waals surface area contributed by atoms with Crippen LogP contribution >= 0.6 is 23.2 Å². The number of hydrogen-bond donors (Lipinski definition) is 0. The van der Waals surface area contributed by atoms with Crippen molar-refractivity contribution in [1.29, 1.82) is 0 Å². The van der Waals surface area contributed by atoms with Crippen LogP contribution in [0.5, 0.6) is 0 Å². The molecule has 0 aromatic heterocycles. The summed E-state index contributed by atoms with van der Waals surface area (Å²) in [7, 11) is 4.08. The summed E-state index contributed by atoms with van der Waals surface area (Å²) in [4.78, 5) is 2.11. The van der Waals surface area contributed by atoms with Crippen molar-refractivity contribution in [3.05, 3.63) is 40.2 Å². The first-order valence-corrected chi connectivity index (χ1v) is 5.25. The fourth-order valence-electron chi connectivity index (χ4n) is 1.17. The molecule has 1 radical (unpaired) electrons. The molecule has 14 heavy (non-hydrogen) atoms. The van der Waals surface area contributed by atoms with Gasteiger partial charge >= 0.3 is 0 Å². The Bertz CT molecular complexity index is 297. The van der Waals surface area contributed by atoms with Crippen LogP contribution in [0, 0.1) is 6.42 Å². The summed E-state index contributed by atoms with van der Waals surface area (Å²) in [6.07, 6.45) is 3.07. The van der Waals surface area contributed by atoms with Crippen LogP contribution < -0.4 is 0 Å². The Kier molecular flexibility index (Phi) is 4.73. The van der Waals surface area contributed by atoms with Crippen molar-refractivity contribution in [2.24, 2.45) is 0 Å². The van der Waals surface area contributed by atoms with E-state index in [-0.39, 0.29) is 0 Å². The zero-order valence-electron chi connectivity index (χ0n) is 8.43. The molecule has 0 aliphatic rings. The molecule has 0 N–H and O–H groups in total. The highest BCUT2D eigenvalue weighted by Gasteiger charge is 2.01. The van der Waals surface area contributed by atoms with Crippen LogP contribution in [0.15, 0.2) is 18.2 Å².